The van der Waals surface area contributed by atoms with Gasteiger partial charge in [0.1, 0.15) is 5.75 Å². The summed E-state index contributed by atoms with van der Waals surface area (Å²) in [4.78, 5) is 5.25. The third-order valence-corrected chi connectivity index (χ3v) is 9.17. The standard InChI is InChI=1S/C30H36Cl2N2O2S/c1-35-28-6-2-22(3-7-28)19-36-20-23-8-11-33(12-9-23)16-26-17-34(18-29(26)25-10-13-37-21-25)15-24-4-5-27(31)14-30(24)32/h2-7,10,13-14,21,23,26,29H,8-9,11-12,15-20H2,1H3. The number of thiophene rings is 1. The van der Waals surface area contributed by atoms with E-state index in [1.54, 1.807) is 18.4 Å². The summed E-state index contributed by atoms with van der Waals surface area (Å²) in [5, 5.41) is 6.00. The summed E-state index contributed by atoms with van der Waals surface area (Å²) in [7, 11) is 1.69. The highest BCUT2D eigenvalue weighted by molar-refractivity contribution is 7.08. The van der Waals surface area contributed by atoms with Gasteiger partial charge in [0.15, 0.2) is 0 Å². The van der Waals surface area contributed by atoms with Gasteiger partial charge in [-0.2, -0.15) is 11.3 Å². The van der Waals surface area contributed by atoms with Crippen LogP contribution in [0, 0.1) is 11.8 Å². The molecule has 5 rings (SSSR count). The van der Waals surface area contributed by atoms with E-state index in [4.69, 9.17) is 32.7 Å². The zero-order valence-corrected chi connectivity index (χ0v) is 23.8. The summed E-state index contributed by atoms with van der Waals surface area (Å²) in [5.41, 5.74) is 3.84. The normalized spacial score (nSPS) is 21.5. The average Bonchev–Trinajstić information content (AvgIpc) is 3.57. The summed E-state index contributed by atoms with van der Waals surface area (Å²) < 4.78 is 11.3. The van der Waals surface area contributed by atoms with Crippen LogP contribution < -0.4 is 4.74 Å². The molecule has 2 atom stereocenters. The molecule has 0 aliphatic carbocycles. The Kier molecular flexibility index (Phi) is 9.46. The molecule has 0 spiro atoms. The van der Waals surface area contributed by atoms with Crippen LogP contribution >= 0.6 is 34.5 Å². The van der Waals surface area contributed by atoms with Crippen molar-refractivity contribution in [3.05, 3.63) is 86.0 Å². The van der Waals surface area contributed by atoms with Gasteiger partial charge in [-0.3, -0.25) is 4.90 Å². The topological polar surface area (TPSA) is 24.9 Å². The van der Waals surface area contributed by atoms with Crippen molar-refractivity contribution in [3.63, 3.8) is 0 Å². The number of nitrogens with zero attached hydrogens (tertiary/aromatic N) is 2. The molecule has 0 amide bonds. The van der Waals surface area contributed by atoms with Crippen LogP contribution in [0.1, 0.15) is 35.4 Å². The molecule has 0 radical (unpaired) electrons. The van der Waals surface area contributed by atoms with E-state index < -0.39 is 0 Å². The Balaban J connectivity index is 1.11. The Morgan fingerprint density at radius 2 is 1.78 bits per heavy atom. The molecule has 7 heteroatoms. The van der Waals surface area contributed by atoms with Gasteiger partial charge in [-0.15, -0.1) is 0 Å². The van der Waals surface area contributed by atoms with Gasteiger partial charge in [0, 0.05) is 48.7 Å². The second-order valence-electron chi connectivity index (χ2n) is 10.5. The molecule has 4 nitrogen and oxygen atoms in total. The molecule has 2 unspecified atom stereocenters. The van der Waals surface area contributed by atoms with E-state index in [-0.39, 0.29) is 0 Å². The van der Waals surface area contributed by atoms with Crippen LogP contribution in [0.2, 0.25) is 10.0 Å². The van der Waals surface area contributed by atoms with Gasteiger partial charge in [0.05, 0.1) is 13.7 Å². The largest absolute Gasteiger partial charge is 0.497 e. The molecule has 2 aliphatic rings. The summed E-state index contributed by atoms with van der Waals surface area (Å²) in [5.74, 6) is 2.73. The van der Waals surface area contributed by atoms with Crippen molar-refractivity contribution in [1.29, 1.82) is 0 Å². The van der Waals surface area contributed by atoms with Gasteiger partial charge in [0.2, 0.25) is 0 Å². The molecule has 2 aromatic carbocycles. The van der Waals surface area contributed by atoms with E-state index in [0.29, 0.717) is 29.4 Å². The minimum absolute atomic E-state index is 0.572. The van der Waals surface area contributed by atoms with Crippen molar-refractivity contribution < 1.29 is 9.47 Å². The second-order valence-corrected chi connectivity index (χ2v) is 12.1. The molecule has 0 bridgehead atoms. The van der Waals surface area contributed by atoms with Crippen molar-refractivity contribution >= 4 is 34.5 Å². The zero-order valence-electron chi connectivity index (χ0n) is 21.5. The minimum atomic E-state index is 0.572. The molecule has 2 aliphatic heterocycles. The smallest absolute Gasteiger partial charge is 0.118 e. The third kappa shape index (κ3) is 7.29. The van der Waals surface area contributed by atoms with Gasteiger partial charge in [0.25, 0.3) is 0 Å². The molecule has 198 valence electrons. The van der Waals surface area contributed by atoms with Crippen LogP contribution in [-0.4, -0.2) is 56.2 Å². The van der Waals surface area contributed by atoms with E-state index in [0.717, 1.165) is 62.2 Å². The lowest BCUT2D eigenvalue weighted by molar-refractivity contribution is 0.0542. The zero-order chi connectivity index (χ0) is 25.6. The van der Waals surface area contributed by atoms with Crippen LogP contribution in [0.5, 0.6) is 5.75 Å². The van der Waals surface area contributed by atoms with Gasteiger partial charge in [-0.1, -0.05) is 41.4 Å². The minimum Gasteiger partial charge on any atom is -0.497 e. The second kappa shape index (κ2) is 13.0. The fraction of sp³-hybridized carbons (Fsp3) is 0.467. The van der Waals surface area contributed by atoms with Crippen molar-refractivity contribution in [2.75, 3.05) is 46.4 Å². The summed E-state index contributed by atoms with van der Waals surface area (Å²) in [6, 6.07) is 16.3. The summed E-state index contributed by atoms with van der Waals surface area (Å²) in [6.45, 7) is 8.04. The number of halogens is 2. The maximum atomic E-state index is 6.50. The molecular weight excluding hydrogens is 523 g/mol. The molecule has 0 saturated carbocycles. The van der Waals surface area contributed by atoms with Crippen LogP contribution in [0.4, 0.5) is 0 Å². The highest BCUT2D eigenvalue weighted by Crippen LogP contribution is 2.36. The lowest BCUT2D eigenvalue weighted by Crippen LogP contribution is -2.39. The Morgan fingerprint density at radius 3 is 2.49 bits per heavy atom. The number of benzene rings is 2. The molecule has 3 aromatic rings. The number of hydrogen-bond donors (Lipinski definition) is 0. The summed E-state index contributed by atoms with van der Waals surface area (Å²) in [6.07, 6.45) is 2.42. The Morgan fingerprint density at radius 1 is 0.973 bits per heavy atom. The SMILES string of the molecule is COc1ccc(COCC2CCN(CC3CN(Cc4ccc(Cl)cc4Cl)CC3c3ccsc3)CC2)cc1. The van der Waals surface area contributed by atoms with Crippen LogP contribution in [-0.2, 0) is 17.9 Å². The number of ether oxygens (including phenoxy) is 2. The number of hydrogen-bond acceptors (Lipinski definition) is 5. The Labute approximate surface area is 235 Å². The first kappa shape index (κ1) is 27.0. The monoisotopic (exact) mass is 558 g/mol. The van der Waals surface area contributed by atoms with E-state index in [1.165, 1.54) is 24.0 Å². The first-order valence-corrected chi connectivity index (χ1v) is 14.9. The quantitative estimate of drug-likeness (QED) is 0.262. The molecule has 37 heavy (non-hydrogen) atoms. The average molecular weight is 560 g/mol. The number of likely N-dealkylation sites (tertiary alicyclic amines) is 2. The first-order valence-electron chi connectivity index (χ1n) is 13.2. The van der Waals surface area contributed by atoms with Crippen molar-refractivity contribution in [2.24, 2.45) is 11.8 Å². The van der Waals surface area contributed by atoms with Crippen molar-refractivity contribution in [2.45, 2.75) is 31.9 Å². The van der Waals surface area contributed by atoms with Gasteiger partial charge < -0.3 is 14.4 Å². The van der Waals surface area contributed by atoms with E-state index in [9.17, 15) is 0 Å². The third-order valence-electron chi connectivity index (χ3n) is 7.88. The lowest BCUT2D eigenvalue weighted by Gasteiger charge is -2.34. The highest BCUT2D eigenvalue weighted by Gasteiger charge is 2.36. The first-order chi connectivity index (χ1) is 18.1. The Hall–Kier alpha value is -1.60. The van der Waals surface area contributed by atoms with E-state index >= 15 is 0 Å². The van der Waals surface area contributed by atoms with Gasteiger partial charge in [-0.25, -0.2) is 0 Å². The fourth-order valence-electron chi connectivity index (χ4n) is 5.76. The number of rotatable bonds is 10. The van der Waals surface area contributed by atoms with Gasteiger partial charge in [-0.05, 0) is 95.5 Å². The highest BCUT2D eigenvalue weighted by atomic mass is 35.5. The number of piperidine rings is 1. The van der Waals surface area contributed by atoms with Crippen molar-refractivity contribution in [1.82, 2.24) is 9.80 Å². The van der Waals surface area contributed by atoms with Gasteiger partial charge >= 0.3 is 0 Å². The van der Waals surface area contributed by atoms with Crippen molar-refractivity contribution in [3.8, 4) is 5.75 Å². The van der Waals surface area contributed by atoms with Crippen LogP contribution in [0.15, 0.2) is 59.3 Å². The van der Waals surface area contributed by atoms with E-state index in [1.807, 2.05) is 24.3 Å². The molecular formula is C30H36Cl2N2O2S. The fourth-order valence-corrected chi connectivity index (χ4v) is 6.95. The molecule has 2 saturated heterocycles. The molecule has 0 N–H and O–H groups in total. The lowest BCUT2D eigenvalue weighted by atomic mass is 9.89. The molecule has 2 fully saturated rings. The maximum Gasteiger partial charge on any atom is 0.118 e. The predicted molar refractivity (Wildman–Crippen MR) is 154 cm³/mol. The van der Waals surface area contributed by atoms with E-state index in [2.05, 4.69) is 44.8 Å². The Bertz CT molecular complexity index is 1120. The molecule has 1 aromatic heterocycles. The van der Waals surface area contributed by atoms with Crippen LogP contribution in [0.25, 0.3) is 0 Å². The predicted octanol–water partition coefficient (Wildman–Crippen LogP) is 7.21. The summed E-state index contributed by atoms with van der Waals surface area (Å²) >= 11 is 14.4. The molecule has 3 heterocycles. The van der Waals surface area contributed by atoms with Crippen LogP contribution in [0.3, 0.4) is 0 Å². The maximum absolute atomic E-state index is 6.50. The number of methoxy groups -OCH3 is 1.